The molecular weight excluding hydrogens is 378 g/mol. The Bertz CT molecular complexity index is 740. The highest BCUT2D eigenvalue weighted by Crippen LogP contribution is 2.18. The van der Waals surface area contributed by atoms with Gasteiger partial charge in [-0.3, -0.25) is 14.9 Å². The molecular formula is C20H25N3O4S. The molecule has 0 saturated heterocycles. The van der Waals surface area contributed by atoms with E-state index in [-0.39, 0.29) is 23.7 Å². The number of ether oxygens (including phenoxy) is 1. The third kappa shape index (κ3) is 7.48. The zero-order valence-corrected chi connectivity index (χ0v) is 16.6. The Morgan fingerprint density at radius 1 is 1.11 bits per heavy atom. The first-order valence-corrected chi connectivity index (χ1v) is 9.76. The molecule has 1 aromatic rings. The van der Waals surface area contributed by atoms with Crippen molar-refractivity contribution in [3.8, 4) is 0 Å². The van der Waals surface area contributed by atoms with Crippen molar-refractivity contribution in [3.05, 3.63) is 42.0 Å². The van der Waals surface area contributed by atoms with Crippen LogP contribution in [0.4, 0.5) is 5.69 Å². The Balaban J connectivity index is 1.80. The van der Waals surface area contributed by atoms with Crippen molar-refractivity contribution >= 4 is 40.8 Å². The van der Waals surface area contributed by atoms with E-state index in [1.807, 2.05) is 0 Å². The molecule has 150 valence electrons. The second-order valence-electron chi connectivity index (χ2n) is 6.41. The van der Waals surface area contributed by atoms with E-state index in [1.54, 1.807) is 31.2 Å². The molecule has 3 N–H and O–H groups in total. The maximum Gasteiger partial charge on any atom is 0.330 e. The van der Waals surface area contributed by atoms with Crippen LogP contribution in [-0.4, -0.2) is 35.5 Å². The average Bonchev–Trinajstić information content (AvgIpc) is 2.68. The molecule has 1 saturated carbocycles. The summed E-state index contributed by atoms with van der Waals surface area (Å²) >= 11 is 5.06. The fraction of sp³-hybridized carbons (Fsp3) is 0.400. The van der Waals surface area contributed by atoms with E-state index >= 15 is 0 Å². The van der Waals surface area contributed by atoms with Gasteiger partial charge < -0.3 is 15.4 Å². The van der Waals surface area contributed by atoms with Gasteiger partial charge in [0, 0.05) is 29.4 Å². The lowest BCUT2D eigenvalue weighted by atomic mass is 9.95. The van der Waals surface area contributed by atoms with Crippen molar-refractivity contribution in [2.45, 2.75) is 45.1 Å². The van der Waals surface area contributed by atoms with Crippen LogP contribution in [0.1, 0.15) is 49.4 Å². The van der Waals surface area contributed by atoms with Crippen molar-refractivity contribution < 1.29 is 19.1 Å². The van der Waals surface area contributed by atoms with Gasteiger partial charge in [-0.25, -0.2) is 4.79 Å². The highest BCUT2D eigenvalue weighted by atomic mass is 32.1. The van der Waals surface area contributed by atoms with E-state index in [2.05, 4.69) is 20.7 Å². The summed E-state index contributed by atoms with van der Waals surface area (Å²) in [6, 6.07) is 7.08. The predicted molar refractivity (Wildman–Crippen MR) is 111 cm³/mol. The van der Waals surface area contributed by atoms with E-state index in [0.717, 1.165) is 37.8 Å². The molecule has 0 radical (unpaired) electrons. The standard InChI is InChI=1S/C20H25N3O4S/c1-2-27-18(25)13-12-17(24)23-20(28)22-16-10-8-14(9-11-16)19(26)21-15-6-4-3-5-7-15/h8-13,15H,2-7H2,1H3,(H,21,26)(H2,22,23,24,28)/b13-12+. The van der Waals surface area contributed by atoms with Crippen LogP contribution in [0.5, 0.6) is 0 Å². The summed E-state index contributed by atoms with van der Waals surface area (Å²) in [6.45, 7) is 1.91. The first kappa shape index (κ1) is 21.6. The molecule has 1 aliphatic rings. The summed E-state index contributed by atoms with van der Waals surface area (Å²) in [4.78, 5) is 35.2. The molecule has 2 rings (SSSR count). The van der Waals surface area contributed by atoms with Gasteiger partial charge in [-0.15, -0.1) is 0 Å². The number of rotatable bonds is 6. The van der Waals surface area contributed by atoms with Crippen LogP contribution < -0.4 is 16.0 Å². The van der Waals surface area contributed by atoms with Gasteiger partial charge in [0.15, 0.2) is 5.11 Å². The van der Waals surface area contributed by atoms with Crippen molar-refractivity contribution in [2.24, 2.45) is 0 Å². The first-order valence-electron chi connectivity index (χ1n) is 9.35. The highest BCUT2D eigenvalue weighted by Gasteiger charge is 2.16. The molecule has 28 heavy (non-hydrogen) atoms. The Kier molecular flexibility index (Phi) is 8.61. The van der Waals surface area contributed by atoms with Gasteiger partial charge in [-0.2, -0.15) is 0 Å². The van der Waals surface area contributed by atoms with Crippen LogP contribution in [0.2, 0.25) is 0 Å². The Morgan fingerprint density at radius 3 is 2.43 bits per heavy atom. The van der Waals surface area contributed by atoms with Crippen LogP contribution in [0.3, 0.4) is 0 Å². The molecule has 0 unspecified atom stereocenters. The lowest BCUT2D eigenvalue weighted by Gasteiger charge is -2.22. The van der Waals surface area contributed by atoms with Crippen molar-refractivity contribution in [3.63, 3.8) is 0 Å². The minimum Gasteiger partial charge on any atom is -0.463 e. The Labute approximate surface area is 169 Å². The van der Waals surface area contributed by atoms with Crippen molar-refractivity contribution in [2.75, 3.05) is 11.9 Å². The lowest BCUT2D eigenvalue weighted by molar-refractivity contribution is -0.137. The summed E-state index contributed by atoms with van der Waals surface area (Å²) in [5.74, 6) is -1.23. The fourth-order valence-corrected chi connectivity index (χ4v) is 3.09. The summed E-state index contributed by atoms with van der Waals surface area (Å²) in [6.07, 6.45) is 7.69. The van der Waals surface area contributed by atoms with Gasteiger partial charge in [-0.1, -0.05) is 19.3 Å². The van der Waals surface area contributed by atoms with E-state index < -0.39 is 11.9 Å². The minimum absolute atomic E-state index is 0.0814. The topological polar surface area (TPSA) is 96.5 Å². The average molecular weight is 404 g/mol. The van der Waals surface area contributed by atoms with Gasteiger partial charge in [-0.05, 0) is 56.2 Å². The zero-order chi connectivity index (χ0) is 20.4. The Morgan fingerprint density at radius 2 is 1.79 bits per heavy atom. The van der Waals surface area contributed by atoms with Crippen molar-refractivity contribution in [1.82, 2.24) is 10.6 Å². The van der Waals surface area contributed by atoms with E-state index in [1.165, 1.54) is 6.42 Å². The number of esters is 1. The molecule has 0 spiro atoms. The fourth-order valence-electron chi connectivity index (χ4n) is 2.87. The zero-order valence-electron chi connectivity index (χ0n) is 15.8. The van der Waals surface area contributed by atoms with E-state index in [0.29, 0.717) is 11.3 Å². The highest BCUT2D eigenvalue weighted by molar-refractivity contribution is 7.80. The normalized spacial score (nSPS) is 14.3. The third-order valence-corrected chi connectivity index (χ3v) is 4.44. The summed E-state index contributed by atoms with van der Waals surface area (Å²) < 4.78 is 4.68. The van der Waals surface area contributed by atoms with Crippen LogP contribution in [0, 0.1) is 0 Å². The number of nitrogens with one attached hydrogen (secondary N) is 3. The molecule has 8 heteroatoms. The number of carbonyl (C=O) groups excluding carboxylic acids is 3. The predicted octanol–water partition coefficient (Wildman–Crippen LogP) is 2.68. The number of anilines is 1. The van der Waals surface area contributed by atoms with E-state index in [4.69, 9.17) is 12.2 Å². The summed E-state index contributed by atoms with van der Waals surface area (Å²) in [5.41, 5.74) is 1.21. The molecule has 0 aliphatic heterocycles. The van der Waals surface area contributed by atoms with Crippen LogP contribution in [-0.2, 0) is 14.3 Å². The molecule has 2 amide bonds. The number of hydrogen-bond acceptors (Lipinski definition) is 5. The van der Waals surface area contributed by atoms with Gasteiger partial charge in [0.05, 0.1) is 6.61 Å². The molecule has 0 heterocycles. The van der Waals surface area contributed by atoms with Gasteiger partial charge >= 0.3 is 5.97 Å². The number of benzene rings is 1. The monoisotopic (exact) mass is 403 g/mol. The van der Waals surface area contributed by atoms with Crippen LogP contribution in [0.25, 0.3) is 0 Å². The molecule has 0 atom stereocenters. The molecule has 1 aromatic carbocycles. The smallest absolute Gasteiger partial charge is 0.330 e. The van der Waals surface area contributed by atoms with Crippen LogP contribution >= 0.6 is 12.2 Å². The summed E-state index contributed by atoms with van der Waals surface area (Å²) in [7, 11) is 0. The van der Waals surface area contributed by atoms with Gasteiger partial charge in [0.25, 0.3) is 5.91 Å². The van der Waals surface area contributed by atoms with Crippen molar-refractivity contribution in [1.29, 1.82) is 0 Å². The number of hydrogen-bond donors (Lipinski definition) is 3. The van der Waals surface area contributed by atoms with Gasteiger partial charge in [0.2, 0.25) is 5.91 Å². The maximum atomic E-state index is 12.3. The molecule has 0 aromatic heterocycles. The SMILES string of the molecule is CCOC(=O)/C=C/C(=O)NC(=S)Nc1ccc(C(=O)NC2CCCCC2)cc1. The largest absolute Gasteiger partial charge is 0.463 e. The quantitative estimate of drug-likeness (QED) is 0.384. The van der Waals surface area contributed by atoms with Crippen LogP contribution in [0.15, 0.2) is 36.4 Å². The third-order valence-electron chi connectivity index (χ3n) is 4.24. The Hall–Kier alpha value is -2.74. The summed E-state index contributed by atoms with van der Waals surface area (Å²) in [5, 5.41) is 8.42. The molecule has 7 nitrogen and oxygen atoms in total. The lowest BCUT2D eigenvalue weighted by Crippen LogP contribution is -2.36. The molecule has 1 fully saturated rings. The number of amides is 2. The second kappa shape index (κ2) is 11.2. The number of carbonyl (C=O) groups is 3. The van der Waals surface area contributed by atoms with E-state index in [9.17, 15) is 14.4 Å². The van der Waals surface area contributed by atoms with Gasteiger partial charge in [0.1, 0.15) is 0 Å². The second-order valence-corrected chi connectivity index (χ2v) is 6.82. The first-order chi connectivity index (χ1) is 13.5. The maximum absolute atomic E-state index is 12.3. The molecule has 0 bridgehead atoms. The minimum atomic E-state index is -0.599. The number of thiocarbonyl (C=S) groups is 1. The molecule has 1 aliphatic carbocycles.